The first-order valence-corrected chi connectivity index (χ1v) is 13.2. The fourth-order valence-electron chi connectivity index (χ4n) is 6.57. The number of imide groups is 1. The normalized spacial score (nSPS) is 31.6. The highest BCUT2D eigenvalue weighted by Gasteiger charge is 2.39. The zero-order valence-corrected chi connectivity index (χ0v) is 20.1. The van der Waals surface area contributed by atoms with Gasteiger partial charge in [-0.25, -0.2) is 8.78 Å². The molecule has 0 aromatic heterocycles. The number of piperidine rings is 1. The number of carbonyl (C=O) groups is 3. The molecule has 2 saturated carbocycles. The Hall–Kier alpha value is -2.35. The van der Waals surface area contributed by atoms with E-state index in [9.17, 15) is 23.2 Å². The maximum absolute atomic E-state index is 13.0. The molecule has 0 bridgehead atoms. The highest BCUT2D eigenvalue weighted by Crippen LogP contribution is 2.34. The predicted octanol–water partition coefficient (Wildman–Crippen LogP) is 3.96. The third-order valence-electron chi connectivity index (χ3n) is 8.57. The van der Waals surface area contributed by atoms with Gasteiger partial charge in [-0.1, -0.05) is 25.0 Å². The molecule has 2 heterocycles. The zero-order valence-electron chi connectivity index (χ0n) is 20.1. The van der Waals surface area contributed by atoms with E-state index in [-0.39, 0.29) is 24.1 Å². The number of alkyl halides is 2. The molecule has 1 unspecified atom stereocenters. The van der Waals surface area contributed by atoms with Crippen molar-refractivity contribution in [3.05, 3.63) is 34.9 Å². The first-order chi connectivity index (χ1) is 16.9. The Balaban J connectivity index is 1.22. The molecule has 0 radical (unpaired) electrons. The second-order valence-electron chi connectivity index (χ2n) is 10.9. The van der Waals surface area contributed by atoms with Crippen LogP contribution in [0.3, 0.4) is 0 Å². The van der Waals surface area contributed by atoms with Crippen LogP contribution in [0.15, 0.2) is 18.2 Å². The Morgan fingerprint density at radius 1 is 1.00 bits per heavy atom. The van der Waals surface area contributed by atoms with Gasteiger partial charge < -0.3 is 10.2 Å². The average Bonchev–Trinajstić information content (AvgIpc) is 3.16. The molecule has 2 aliphatic heterocycles. The quantitative estimate of drug-likeness (QED) is 0.596. The Labute approximate surface area is 205 Å². The summed E-state index contributed by atoms with van der Waals surface area (Å²) in [5, 5.41) is 6.18. The monoisotopic (exact) mass is 487 g/mol. The van der Waals surface area contributed by atoms with Crippen molar-refractivity contribution in [1.29, 1.82) is 0 Å². The summed E-state index contributed by atoms with van der Waals surface area (Å²) >= 11 is 0. The summed E-state index contributed by atoms with van der Waals surface area (Å²) in [4.78, 5) is 38.4. The maximum atomic E-state index is 13.0. The number of benzene rings is 1. The number of amides is 3. The lowest BCUT2D eigenvalue weighted by Gasteiger charge is -2.38. The van der Waals surface area contributed by atoms with Gasteiger partial charge in [0.15, 0.2) is 0 Å². The first kappa shape index (κ1) is 24.3. The third-order valence-corrected chi connectivity index (χ3v) is 8.57. The van der Waals surface area contributed by atoms with E-state index in [4.69, 9.17) is 0 Å². The van der Waals surface area contributed by atoms with Crippen molar-refractivity contribution in [3.63, 3.8) is 0 Å². The fourth-order valence-corrected chi connectivity index (χ4v) is 6.57. The lowest BCUT2D eigenvalue weighted by atomic mass is 9.79. The largest absolute Gasteiger partial charge is 0.322 e. The Kier molecular flexibility index (Phi) is 7.19. The van der Waals surface area contributed by atoms with Gasteiger partial charge in [0, 0.05) is 36.5 Å². The highest BCUT2D eigenvalue weighted by molar-refractivity contribution is 6.05. The van der Waals surface area contributed by atoms with E-state index in [0.717, 1.165) is 37.7 Å². The van der Waals surface area contributed by atoms with Crippen molar-refractivity contribution in [2.24, 2.45) is 11.8 Å². The van der Waals surface area contributed by atoms with Crippen LogP contribution in [0.5, 0.6) is 0 Å². The summed E-state index contributed by atoms with van der Waals surface area (Å²) in [6.07, 6.45) is 6.87. The molecule has 0 spiro atoms. The minimum atomic E-state index is -2.20. The zero-order chi connectivity index (χ0) is 24.5. The molecule has 1 saturated heterocycles. The molecule has 1 aromatic carbocycles. The molecule has 4 aliphatic rings. The van der Waals surface area contributed by atoms with Crippen LogP contribution in [0.25, 0.3) is 0 Å². The van der Waals surface area contributed by atoms with Gasteiger partial charge in [-0.3, -0.25) is 19.7 Å². The Morgan fingerprint density at radius 2 is 1.77 bits per heavy atom. The minimum Gasteiger partial charge on any atom is -0.322 e. The van der Waals surface area contributed by atoms with Crippen LogP contribution >= 0.6 is 0 Å². The molecule has 3 atom stereocenters. The molecule has 5 rings (SSSR count). The predicted molar refractivity (Wildman–Crippen MR) is 127 cm³/mol. The lowest BCUT2D eigenvalue weighted by molar-refractivity contribution is -0.136. The standard InChI is InChI=1S/C27H35F2N3O3/c28-25(29)17-6-8-20(9-7-17)30-22-4-2-1-3-18(22)13-16-5-10-21-19(14-16)15-32(27(21)35)23-11-12-24(33)31-26(23)34/h5,10,14,17-18,20,22-23,25,30H,1-4,6-9,11-13,15H2,(H,31,33,34)/t17-,18-,20+,22+,23?/m1/s1. The van der Waals surface area contributed by atoms with Gasteiger partial charge in [0.2, 0.25) is 18.2 Å². The van der Waals surface area contributed by atoms with Crippen molar-refractivity contribution in [2.45, 2.75) is 102 Å². The number of fused-ring (bicyclic) bond motifs is 1. The van der Waals surface area contributed by atoms with Crippen LogP contribution in [0.2, 0.25) is 0 Å². The topological polar surface area (TPSA) is 78.5 Å². The molecule has 3 amide bonds. The van der Waals surface area contributed by atoms with E-state index in [0.29, 0.717) is 49.4 Å². The van der Waals surface area contributed by atoms with E-state index < -0.39 is 18.4 Å². The molecular formula is C27H35F2N3O3. The average molecular weight is 488 g/mol. The summed E-state index contributed by atoms with van der Waals surface area (Å²) in [5.41, 5.74) is 2.79. The number of nitrogens with zero attached hydrogens (tertiary/aromatic N) is 1. The van der Waals surface area contributed by atoms with Crippen LogP contribution in [0.4, 0.5) is 8.78 Å². The molecule has 6 nitrogen and oxygen atoms in total. The number of hydrogen-bond acceptors (Lipinski definition) is 4. The molecule has 3 fully saturated rings. The van der Waals surface area contributed by atoms with Crippen LogP contribution in [-0.2, 0) is 22.6 Å². The first-order valence-electron chi connectivity index (χ1n) is 13.2. The Bertz CT molecular complexity index is 976. The van der Waals surface area contributed by atoms with Crippen molar-refractivity contribution in [2.75, 3.05) is 0 Å². The minimum absolute atomic E-state index is 0.141. The van der Waals surface area contributed by atoms with E-state index >= 15 is 0 Å². The molecule has 2 aliphatic carbocycles. The van der Waals surface area contributed by atoms with Gasteiger partial charge in [0.25, 0.3) is 5.91 Å². The van der Waals surface area contributed by atoms with Crippen LogP contribution in [0, 0.1) is 11.8 Å². The highest BCUT2D eigenvalue weighted by atomic mass is 19.3. The van der Waals surface area contributed by atoms with Gasteiger partial charge in [0.05, 0.1) is 0 Å². The van der Waals surface area contributed by atoms with Crippen LogP contribution in [0.1, 0.15) is 85.7 Å². The summed E-state index contributed by atoms with van der Waals surface area (Å²) in [7, 11) is 0. The molecule has 2 N–H and O–H groups in total. The second-order valence-corrected chi connectivity index (χ2v) is 10.9. The number of carbonyl (C=O) groups excluding carboxylic acids is 3. The van der Waals surface area contributed by atoms with Crippen molar-refractivity contribution in [1.82, 2.24) is 15.5 Å². The number of halogens is 2. The molecule has 1 aromatic rings. The van der Waals surface area contributed by atoms with Crippen LogP contribution < -0.4 is 10.6 Å². The number of nitrogens with one attached hydrogen (secondary N) is 2. The fraction of sp³-hybridized carbons (Fsp3) is 0.667. The van der Waals surface area contributed by atoms with Gasteiger partial charge in [-0.05, 0) is 74.5 Å². The molecule has 35 heavy (non-hydrogen) atoms. The SMILES string of the molecule is O=C1CCC(N2Cc3cc(C[C@H]4CCCC[C@@H]4N[C@H]4CC[C@@H](C(F)F)CC4)ccc3C2=O)C(=O)N1. The molecular weight excluding hydrogens is 452 g/mol. The van der Waals surface area contributed by atoms with Gasteiger partial charge in [-0.2, -0.15) is 0 Å². The van der Waals surface area contributed by atoms with Crippen molar-refractivity contribution >= 4 is 17.7 Å². The van der Waals surface area contributed by atoms with E-state index in [1.54, 1.807) is 4.90 Å². The Morgan fingerprint density at radius 3 is 2.51 bits per heavy atom. The number of hydrogen-bond donors (Lipinski definition) is 2. The third kappa shape index (κ3) is 5.27. The number of rotatable bonds is 6. The van der Waals surface area contributed by atoms with Crippen molar-refractivity contribution < 1.29 is 23.2 Å². The summed E-state index contributed by atoms with van der Waals surface area (Å²) in [5.74, 6) is -0.767. The maximum Gasteiger partial charge on any atom is 0.255 e. The van der Waals surface area contributed by atoms with Gasteiger partial charge in [0.1, 0.15) is 6.04 Å². The summed E-state index contributed by atoms with van der Waals surface area (Å²) < 4.78 is 26.0. The lowest BCUT2D eigenvalue weighted by Crippen LogP contribution is -2.52. The smallest absolute Gasteiger partial charge is 0.255 e. The summed E-state index contributed by atoms with van der Waals surface area (Å²) in [6.45, 7) is 0.397. The van der Waals surface area contributed by atoms with Gasteiger partial charge in [-0.15, -0.1) is 0 Å². The van der Waals surface area contributed by atoms with E-state index in [2.05, 4.69) is 16.7 Å². The van der Waals surface area contributed by atoms with Crippen LogP contribution in [-0.4, -0.2) is 47.2 Å². The molecule has 8 heteroatoms. The van der Waals surface area contributed by atoms with Gasteiger partial charge >= 0.3 is 0 Å². The summed E-state index contributed by atoms with van der Waals surface area (Å²) in [6, 6.07) is 6.16. The molecule has 190 valence electrons. The van der Waals surface area contributed by atoms with E-state index in [1.165, 1.54) is 18.4 Å². The second kappa shape index (κ2) is 10.3. The van der Waals surface area contributed by atoms with E-state index in [1.807, 2.05) is 12.1 Å². The van der Waals surface area contributed by atoms with Crippen molar-refractivity contribution in [3.8, 4) is 0 Å².